The maximum absolute atomic E-state index is 11.9. The summed E-state index contributed by atoms with van der Waals surface area (Å²) in [6.45, 7) is 0.335. The number of imidazole rings is 1. The van der Waals surface area contributed by atoms with Gasteiger partial charge in [0.1, 0.15) is 5.52 Å². The Hall–Kier alpha value is -1.89. The molecule has 1 fully saturated rings. The summed E-state index contributed by atoms with van der Waals surface area (Å²) in [4.78, 5) is 15.2. The Morgan fingerprint density at radius 3 is 2.90 bits per heavy atom. The van der Waals surface area contributed by atoms with Gasteiger partial charge >= 0.3 is 5.97 Å². The third-order valence-electron chi connectivity index (χ3n) is 3.74. The number of carboxylic acids is 1. The molecule has 1 aliphatic heterocycles. The van der Waals surface area contributed by atoms with Crippen molar-refractivity contribution >= 4 is 26.8 Å². The third kappa shape index (κ3) is 2.07. The number of nitrogens with zero attached hydrogens (tertiary/aromatic N) is 2. The van der Waals surface area contributed by atoms with Crippen LogP contribution in [0.25, 0.3) is 11.0 Å². The lowest BCUT2D eigenvalue weighted by atomic mass is 10.2. The average Bonchev–Trinajstić information content (AvgIpc) is 2.94. The highest BCUT2D eigenvalue weighted by Gasteiger charge is 2.31. The highest BCUT2D eigenvalue weighted by molar-refractivity contribution is 7.92. The summed E-state index contributed by atoms with van der Waals surface area (Å²) >= 11 is 0. The normalized spacial score (nSPS) is 21.3. The van der Waals surface area contributed by atoms with Crippen LogP contribution in [0.4, 0.5) is 0 Å². The molecular formula is C13H14N2O4S. The minimum Gasteiger partial charge on any atom is -0.478 e. The van der Waals surface area contributed by atoms with Gasteiger partial charge in [0.15, 0.2) is 9.84 Å². The number of sulfone groups is 1. The first-order chi connectivity index (χ1) is 9.49. The Morgan fingerprint density at radius 2 is 2.25 bits per heavy atom. The van der Waals surface area contributed by atoms with E-state index in [1.54, 1.807) is 16.7 Å². The Kier molecular flexibility index (Phi) is 3.01. The molecule has 20 heavy (non-hydrogen) atoms. The van der Waals surface area contributed by atoms with Crippen molar-refractivity contribution < 1.29 is 18.3 Å². The van der Waals surface area contributed by atoms with E-state index in [-0.39, 0.29) is 11.3 Å². The number of fused-ring (bicyclic) bond motifs is 1. The standard InChI is InChI=1S/C13H14N2O4S/c16-13(17)10-4-1-5-11-12(10)14-8-15(11)7-9-3-2-6-20(9,18)19/h1,4-5,8-9H,2-3,6-7H2,(H,16,17). The lowest BCUT2D eigenvalue weighted by Gasteiger charge is -2.11. The lowest BCUT2D eigenvalue weighted by molar-refractivity contribution is 0.0699. The van der Waals surface area contributed by atoms with Gasteiger partial charge in [-0.25, -0.2) is 18.2 Å². The molecule has 2 aromatic rings. The summed E-state index contributed by atoms with van der Waals surface area (Å²) < 4.78 is 25.5. The van der Waals surface area contributed by atoms with Gasteiger partial charge in [-0.15, -0.1) is 0 Å². The quantitative estimate of drug-likeness (QED) is 0.922. The van der Waals surface area contributed by atoms with Crippen molar-refractivity contribution in [3.63, 3.8) is 0 Å². The first-order valence-corrected chi connectivity index (χ1v) is 8.09. The molecule has 1 N–H and O–H groups in total. The van der Waals surface area contributed by atoms with Crippen molar-refractivity contribution in [2.24, 2.45) is 0 Å². The Labute approximate surface area is 116 Å². The number of carbonyl (C=O) groups is 1. The molecule has 1 aromatic heterocycles. The molecule has 3 rings (SSSR count). The molecule has 0 aliphatic carbocycles. The fourth-order valence-corrected chi connectivity index (χ4v) is 4.50. The molecule has 0 bridgehead atoms. The van der Waals surface area contributed by atoms with Gasteiger partial charge < -0.3 is 9.67 Å². The fraction of sp³-hybridized carbons (Fsp3) is 0.385. The van der Waals surface area contributed by atoms with E-state index < -0.39 is 21.1 Å². The van der Waals surface area contributed by atoms with Crippen LogP contribution in [0.1, 0.15) is 23.2 Å². The number of carboxylic acid groups (broad SMARTS) is 1. The average molecular weight is 294 g/mol. The topological polar surface area (TPSA) is 89.3 Å². The summed E-state index contributed by atoms with van der Waals surface area (Å²) in [5.41, 5.74) is 1.19. The summed E-state index contributed by atoms with van der Waals surface area (Å²) in [6, 6.07) is 4.90. The molecule has 1 unspecified atom stereocenters. The molecule has 1 aromatic carbocycles. The predicted molar refractivity (Wildman–Crippen MR) is 73.5 cm³/mol. The van der Waals surface area contributed by atoms with Crippen molar-refractivity contribution in [1.82, 2.24) is 9.55 Å². The van der Waals surface area contributed by atoms with E-state index in [0.717, 1.165) is 0 Å². The van der Waals surface area contributed by atoms with E-state index in [2.05, 4.69) is 4.98 Å². The zero-order chi connectivity index (χ0) is 14.3. The van der Waals surface area contributed by atoms with E-state index in [1.807, 2.05) is 0 Å². The number of hydrogen-bond donors (Lipinski definition) is 1. The minimum atomic E-state index is -3.02. The van der Waals surface area contributed by atoms with Crippen LogP contribution in [-0.4, -0.2) is 40.0 Å². The highest BCUT2D eigenvalue weighted by Crippen LogP contribution is 2.24. The Bertz CT molecular complexity index is 779. The van der Waals surface area contributed by atoms with Crippen molar-refractivity contribution in [2.45, 2.75) is 24.6 Å². The summed E-state index contributed by atoms with van der Waals surface area (Å²) in [5.74, 6) is -0.792. The zero-order valence-electron chi connectivity index (χ0n) is 10.7. The Morgan fingerprint density at radius 1 is 1.45 bits per heavy atom. The Balaban J connectivity index is 2.02. The van der Waals surface area contributed by atoms with E-state index in [4.69, 9.17) is 5.11 Å². The van der Waals surface area contributed by atoms with Crippen molar-refractivity contribution in [3.8, 4) is 0 Å². The molecule has 106 valence electrons. The van der Waals surface area contributed by atoms with Crippen LogP contribution < -0.4 is 0 Å². The number of para-hydroxylation sites is 1. The largest absolute Gasteiger partial charge is 0.478 e. The number of aromatic carboxylic acids is 1. The summed E-state index contributed by atoms with van der Waals surface area (Å²) in [5, 5.41) is 8.72. The summed E-state index contributed by atoms with van der Waals surface area (Å²) in [7, 11) is -3.02. The molecule has 1 aliphatic rings. The lowest BCUT2D eigenvalue weighted by Crippen LogP contribution is -2.21. The zero-order valence-corrected chi connectivity index (χ0v) is 11.5. The van der Waals surface area contributed by atoms with Crippen LogP contribution in [0.15, 0.2) is 24.5 Å². The molecule has 2 heterocycles. The highest BCUT2D eigenvalue weighted by atomic mass is 32.2. The van der Waals surface area contributed by atoms with E-state index >= 15 is 0 Å². The fourth-order valence-electron chi connectivity index (χ4n) is 2.69. The smallest absolute Gasteiger partial charge is 0.337 e. The number of rotatable bonds is 3. The molecular weight excluding hydrogens is 280 g/mol. The van der Waals surface area contributed by atoms with Crippen LogP contribution in [0.3, 0.4) is 0 Å². The maximum Gasteiger partial charge on any atom is 0.337 e. The minimum absolute atomic E-state index is 0.135. The number of aromatic nitrogens is 2. The molecule has 6 nitrogen and oxygen atoms in total. The van der Waals surface area contributed by atoms with Crippen molar-refractivity contribution in [3.05, 3.63) is 30.1 Å². The van der Waals surface area contributed by atoms with Crippen molar-refractivity contribution in [2.75, 3.05) is 5.75 Å². The van der Waals surface area contributed by atoms with Crippen LogP contribution in [0.2, 0.25) is 0 Å². The van der Waals surface area contributed by atoms with Gasteiger partial charge in [0.25, 0.3) is 0 Å². The molecule has 0 amide bonds. The molecule has 1 saturated heterocycles. The third-order valence-corrected chi connectivity index (χ3v) is 6.00. The molecule has 0 spiro atoms. The monoisotopic (exact) mass is 294 g/mol. The van der Waals surface area contributed by atoms with Crippen molar-refractivity contribution in [1.29, 1.82) is 0 Å². The van der Waals surface area contributed by atoms with Gasteiger partial charge in [0, 0.05) is 6.54 Å². The summed E-state index contributed by atoms with van der Waals surface area (Å²) in [6.07, 6.45) is 2.87. The number of hydrogen-bond acceptors (Lipinski definition) is 4. The SMILES string of the molecule is O=C(O)c1cccc2c1ncn2CC1CCCS1(=O)=O. The van der Waals surface area contributed by atoms with E-state index in [0.29, 0.717) is 30.4 Å². The molecule has 0 radical (unpaired) electrons. The second-order valence-corrected chi connectivity index (χ2v) is 7.41. The maximum atomic E-state index is 11.9. The van der Waals surface area contributed by atoms with Crippen LogP contribution in [0, 0.1) is 0 Å². The first-order valence-electron chi connectivity index (χ1n) is 6.38. The van der Waals surface area contributed by atoms with Gasteiger partial charge in [-0.05, 0) is 25.0 Å². The van der Waals surface area contributed by atoms with Crippen LogP contribution in [0.5, 0.6) is 0 Å². The van der Waals surface area contributed by atoms with Gasteiger partial charge in [-0.1, -0.05) is 6.07 Å². The number of benzene rings is 1. The predicted octanol–water partition coefficient (Wildman–Crippen LogP) is 1.31. The van der Waals surface area contributed by atoms with Gasteiger partial charge in [0.2, 0.25) is 0 Å². The van der Waals surface area contributed by atoms with Gasteiger partial charge in [-0.3, -0.25) is 0 Å². The van der Waals surface area contributed by atoms with E-state index in [1.165, 1.54) is 12.4 Å². The molecule has 7 heteroatoms. The second-order valence-electron chi connectivity index (χ2n) is 5.01. The second kappa shape index (κ2) is 4.59. The molecule has 1 atom stereocenters. The first kappa shape index (κ1) is 13.1. The van der Waals surface area contributed by atoms with Crippen LogP contribution in [-0.2, 0) is 16.4 Å². The van der Waals surface area contributed by atoms with Gasteiger partial charge in [0.05, 0.1) is 28.4 Å². The van der Waals surface area contributed by atoms with Gasteiger partial charge in [-0.2, -0.15) is 0 Å². The van der Waals surface area contributed by atoms with Crippen LogP contribution >= 0.6 is 0 Å². The van der Waals surface area contributed by atoms with E-state index in [9.17, 15) is 13.2 Å². The molecule has 0 saturated carbocycles.